The maximum atomic E-state index is 13.2. The third-order valence-corrected chi connectivity index (χ3v) is 4.90. The van der Waals surface area contributed by atoms with Crippen LogP contribution in [0.3, 0.4) is 0 Å². The van der Waals surface area contributed by atoms with Gasteiger partial charge in [0.1, 0.15) is 11.9 Å². The van der Waals surface area contributed by atoms with Gasteiger partial charge in [-0.1, -0.05) is 13.8 Å². The average molecular weight is 341 g/mol. The second kappa shape index (κ2) is 6.76. The minimum Gasteiger partial charge on any atom is -0.424 e. The molecule has 0 aliphatic rings. The van der Waals surface area contributed by atoms with Crippen molar-refractivity contribution in [2.24, 2.45) is 5.92 Å². The first kappa shape index (κ1) is 17.6. The van der Waals surface area contributed by atoms with Gasteiger partial charge < -0.3 is 4.42 Å². The molecule has 0 amide bonds. The molecule has 6 nitrogen and oxygen atoms in total. The second-order valence-electron chi connectivity index (χ2n) is 5.87. The van der Waals surface area contributed by atoms with E-state index in [1.807, 2.05) is 13.8 Å². The fourth-order valence-electron chi connectivity index (χ4n) is 2.29. The van der Waals surface area contributed by atoms with Crippen LogP contribution in [0.25, 0.3) is 0 Å². The molecule has 1 aromatic carbocycles. The van der Waals surface area contributed by atoms with Gasteiger partial charge in [0.05, 0.1) is 4.90 Å². The highest BCUT2D eigenvalue weighted by Gasteiger charge is 2.27. The predicted octanol–water partition coefficient (Wildman–Crippen LogP) is 2.89. The summed E-state index contributed by atoms with van der Waals surface area (Å²) in [5.74, 6) is 0.322. The molecule has 1 atom stereocenters. The maximum absolute atomic E-state index is 13.2. The molecule has 0 aliphatic heterocycles. The lowest BCUT2D eigenvalue weighted by molar-refractivity contribution is 0.372. The summed E-state index contributed by atoms with van der Waals surface area (Å²) >= 11 is 0. The van der Waals surface area contributed by atoms with Crippen LogP contribution in [-0.4, -0.2) is 18.6 Å². The van der Waals surface area contributed by atoms with Crippen molar-refractivity contribution in [1.82, 2.24) is 14.9 Å². The molecular weight excluding hydrogens is 321 g/mol. The molecule has 0 bridgehead atoms. The van der Waals surface area contributed by atoms with Gasteiger partial charge in [0, 0.05) is 6.92 Å². The number of halogens is 1. The van der Waals surface area contributed by atoms with Crippen LogP contribution in [0.15, 0.2) is 27.5 Å². The summed E-state index contributed by atoms with van der Waals surface area (Å²) in [6, 6.07) is 2.92. The molecule has 0 saturated heterocycles. The van der Waals surface area contributed by atoms with Crippen molar-refractivity contribution >= 4 is 10.0 Å². The molecule has 0 saturated carbocycles. The van der Waals surface area contributed by atoms with E-state index in [-0.39, 0.29) is 16.7 Å². The van der Waals surface area contributed by atoms with Gasteiger partial charge in [-0.2, -0.15) is 4.72 Å². The molecular formula is C15H20FN3O3S. The van der Waals surface area contributed by atoms with Crippen LogP contribution in [0.5, 0.6) is 0 Å². The molecule has 1 N–H and O–H groups in total. The van der Waals surface area contributed by atoms with E-state index >= 15 is 0 Å². The van der Waals surface area contributed by atoms with E-state index in [9.17, 15) is 12.8 Å². The van der Waals surface area contributed by atoms with Gasteiger partial charge in [-0.15, -0.1) is 10.2 Å². The molecule has 1 heterocycles. The van der Waals surface area contributed by atoms with Crippen LogP contribution >= 0.6 is 0 Å². The molecule has 0 aliphatic carbocycles. The smallest absolute Gasteiger partial charge is 0.241 e. The van der Waals surface area contributed by atoms with Crippen molar-refractivity contribution in [3.8, 4) is 0 Å². The minimum atomic E-state index is -3.84. The van der Waals surface area contributed by atoms with Crippen molar-refractivity contribution < 1.29 is 17.2 Å². The van der Waals surface area contributed by atoms with E-state index < -0.39 is 21.9 Å². The lowest BCUT2D eigenvalue weighted by atomic mass is 10.0. The number of nitrogens with one attached hydrogen (secondary N) is 1. The van der Waals surface area contributed by atoms with Crippen LogP contribution in [0.1, 0.15) is 43.7 Å². The standard InChI is InChI=1S/C15H20FN3O3S/c1-9(2)7-13(15-18-17-11(4)22-15)19-23(20,21)14-6-5-12(16)8-10(14)3/h5-6,8-9,13,19H,7H2,1-4H3. The minimum absolute atomic E-state index is 0.0314. The highest BCUT2D eigenvalue weighted by atomic mass is 32.2. The van der Waals surface area contributed by atoms with Gasteiger partial charge in [0.2, 0.25) is 21.8 Å². The Labute approximate surface area is 135 Å². The van der Waals surface area contributed by atoms with E-state index in [4.69, 9.17) is 4.42 Å². The van der Waals surface area contributed by atoms with E-state index in [0.29, 0.717) is 17.9 Å². The molecule has 23 heavy (non-hydrogen) atoms. The highest BCUT2D eigenvalue weighted by molar-refractivity contribution is 7.89. The van der Waals surface area contributed by atoms with Crippen LogP contribution in [0, 0.1) is 25.6 Å². The Hall–Kier alpha value is -1.80. The Morgan fingerprint density at radius 1 is 1.26 bits per heavy atom. The summed E-state index contributed by atoms with van der Waals surface area (Å²) in [4.78, 5) is 0.0314. The quantitative estimate of drug-likeness (QED) is 0.873. The van der Waals surface area contributed by atoms with Crippen molar-refractivity contribution in [1.29, 1.82) is 0 Å². The maximum Gasteiger partial charge on any atom is 0.241 e. The van der Waals surface area contributed by atoms with Gasteiger partial charge >= 0.3 is 0 Å². The molecule has 0 spiro atoms. The summed E-state index contributed by atoms with van der Waals surface area (Å²) in [6.07, 6.45) is 0.501. The summed E-state index contributed by atoms with van der Waals surface area (Å²) < 4.78 is 46.4. The van der Waals surface area contributed by atoms with Crippen molar-refractivity contribution in [2.75, 3.05) is 0 Å². The lowest BCUT2D eigenvalue weighted by Gasteiger charge is -2.18. The SMILES string of the molecule is Cc1nnc(C(CC(C)C)NS(=O)(=O)c2ccc(F)cc2C)o1. The number of aromatic nitrogens is 2. The summed E-state index contributed by atoms with van der Waals surface area (Å²) in [6.45, 7) is 7.12. The third-order valence-electron chi connectivity index (χ3n) is 3.27. The molecule has 0 fully saturated rings. The van der Waals surface area contributed by atoms with Crippen LogP contribution in [0.2, 0.25) is 0 Å². The monoisotopic (exact) mass is 341 g/mol. The Morgan fingerprint density at radius 2 is 1.96 bits per heavy atom. The van der Waals surface area contributed by atoms with E-state index in [1.54, 1.807) is 13.8 Å². The molecule has 2 aromatic rings. The second-order valence-corrected chi connectivity index (χ2v) is 7.55. The Morgan fingerprint density at radius 3 is 2.48 bits per heavy atom. The van der Waals surface area contributed by atoms with Crippen LogP contribution in [-0.2, 0) is 10.0 Å². The molecule has 1 unspecified atom stereocenters. The summed E-state index contributed by atoms with van der Waals surface area (Å²) in [5.41, 5.74) is 0.336. The summed E-state index contributed by atoms with van der Waals surface area (Å²) in [5, 5.41) is 7.66. The highest BCUT2D eigenvalue weighted by Crippen LogP contribution is 2.24. The van der Waals surface area contributed by atoms with Crippen molar-refractivity contribution in [3.05, 3.63) is 41.4 Å². The van der Waals surface area contributed by atoms with Gasteiger partial charge in [0.25, 0.3) is 0 Å². The lowest BCUT2D eigenvalue weighted by Crippen LogP contribution is -2.30. The third kappa shape index (κ3) is 4.35. The van der Waals surface area contributed by atoms with Gasteiger partial charge in [0.15, 0.2) is 0 Å². The normalized spacial score (nSPS) is 13.5. The summed E-state index contributed by atoms with van der Waals surface area (Å²) in [7, 11) is -3.84. The Bertz CT molecular complexity index is 787. The first-order chi connectivity index (χ1) is 10.7. The van der Waals surface area contributed by atoms with Gasteiger partial charge in [-0.3, -0.25) is 0 Å². The number of sulfonamides is 1. The molecule has 0 radical (unpaired) electrons. The fourth-order valence-corrected chi connectivity index (χ4v) is 3.72. The van der Waals surface area contributed by atoms with Crippen molar-refractivity contribution in [3.63, 3.8) is 0 Å². The van der Waals surface area contributed by atoms with Crippen LogP contribution in [0.4, 0.5) is 4.39 Å². The van der Waals surface area contributed by atoms with Crippen molar-refractivity contribution in [2.45, 2.75) is 45.1 Å². The zero-order chi connectivity index (χ0) is 17.2. The number of rotatable bonds is 6. The van der Waals surface area contributed by atoms with E-state index in [0.717, 1.165) is 6.07 Å². The molecule has 2 rings (SSSR count). The Kier molecular flexibility index (Phi) is 5.16. The van der Waals surface area contributed by atoms with Crippen LogP contribution < -0.4 is 4.72 Å². The fraction of sp³-hybridized carbons (Fsp3) is 0.467. The Balaban J connectivity index is 2.34. The zero-order valence-corrected chi connectivity index (χ0v) is 14.3. The number of benzene rings is 1. The first-order valence-electron chi connectivity index (χ1n) is 7.27. The first-order valence-corrected chi connectivity index (χ1v) is 8.76. The number of nitrogens with zero attached hydrogens (tertiary/aromatic N) is 2. The molecule has 8 heteroatoms. The number of hydrogen-bond acceptors (Lipinski definition) is 5. The molecule has 1 aromatic heterocycles. The van der Waals surface area contributed by atoms with E-state index in [1.165, 1.54) is 12.1 Å². The largest absolute Gasteiger partial charge is 0.424 e. The van der Waals surface area contributed by atoms with Gasteiger partial charge in [-0.05, 0) is 43.0 Å². The zero-order valence-electron chi connectivity index (χ0n) is 13.5. The predicted molar refractivity (Wildman–Crippen MR) is 82.7 cm³/mol. The molecule has 126 valence electrons. The number of hydrogen-bond donors (Lipinski definition) is 1. The topological polar surface area (TPSA) is 85.1 Å². The van der Waals surface area contributed by atoms with Gasteiger partial charge in [-0.25, -0.2) is 12.8 Å². The number of aryl methyl sites for hydroxylation is 2. The van der Waals surface area contributed by atoms with E-state index in [2.05, 4.69) is 14.9 Å². The average Bonchev–Trinajstić information content (AvgIpc) is 2.83.